The number of nitrogens with zero attached hydrogens (tertiary/aromatic N) is 3. The Hall–Kier alpha value is -3.86. The van der Waals surface area contributed by atoms with Gasteiger partial charge in [0.15, 0.2) is 15.8 Å². The molecule has 1 unspecified atom stereocenters. The molecule has 0 bridgehead atoms. The fraction of sp³-hybridized carbons (Fsp3) is 0.294. The van der Waals surface area contributed by atoms with Gasteiger partial charge in [0, 0.05) is 16.3 Å². The number of benzene rings is 3. The summed E-state index contributed by atoms with van der Waals surface area (Å²) >= 11 is 8.95. The first-order valence-electron chi connectivity index (χ1n) is 14.6. The average molecular weight is 664 g/mol. The zero-order valence-corrected chi connectivity index (χ0v) is 27.8. The van der Waals surface area contributed by atoms with Crippen molar-refractivity contribution in [1.29, 1.82) is 0 Å². The summed E-state index contributed by atoms with van der Waals surface area (Å²) in [5.74, 6) is 0.185. The van der Waals surface area contributed by atoms with Gasteiger partial charge in [-0.25, -0.2) is 0 Å². The Bertz CT molecular complexity index is 1720. The van der Waals surface area contributed by atoms with Crippen molar-refractivity contribution in [1.82, 2.24) is 10.2 Å². The maximum absolute atomic E-state index is 13.7. The zero-order valence-electron chi connectivity index (χ0n) is 25.5. The highest BCUT2D eigenvalue weighted by molar-refractivity contribution is 8.00. The average Bonchev–Trinajstić information content (AvgIpc) is 3.59. The van der Waals surface area contributed by atoms with Crippen LogP contribution in [0, 0.1) is 12.8 Å². The number of anilines is 1. The van der Waals surface area contributed by atoms with Crippen LogP contribution < -0.4 is 14.4 Å². The molecule has 1 N–H and O–H groups in total. The van der Waals surface area contributed by atoms with Crippen molar-refractivity contribution >= 4 is 57.3 Å². The summed E-state index contributed by atoms with van der Waals surface area (Å²) in [5, 5.41) is 21.0. The maximum atomic E-state index is 13.7. The van der Waals surface area contributed by atoms with E-state index in [2.05, 4.69) is 24.0 Å². The predicted molar refractivity (Wildman–Crippen MR) is 179 cm³/mol. The Morgan fingerprint density at radius 1 is 1.04 bits per heavy atom. The molecule has 234 valence electrons. The molecule has 1 aliphatic heterocycles. The smallest absolute Gasteiger partial charge is 0.301 e. The number of rotatable bonds is 12. The van der Waals surface area contributed by atoms with Crippen molar-refractivity contribution in [3.63, 3.8) is 0 Å². The predicted octanol–water partition coefficient (Wildman–Crippen LogP) is 8.24. The molecule has 1 fully saturated rings. The topological polar surface area (TPSA) is 102 Å². The normalized spacial score (nSPS) is 16.0. The van der Waals surface area contributed by atoms with E-state index >= 15 is 0 Å². The number of carbonyl (C=O) groups excluding carboxylic acids is 2. The highest BCUT2D eigenvalue weighted by Crippen LogP contribution is 2.46. The molecule has 0 spiro atoms. The molecule has 11 heteroatoms. The minimum absolute atomic E-state index is 0.0414. The van der Waals surface area contributed by atoms with E-state index in [9.17, 15) is 14.7 Å². The first-order valence-corrected chi connectivity index (χ1v) is 16.8. The van der Waals surface area contributed by atoms with Crippen molar-refractivity contribution in [3.05, 3.63) is 99.6 Å². The molecule has 5 rings (SSSR count). The number of aromatic nitrogens is 2. The number of aryl methyl sites for hydroxylation is 1. The van der Waals surface area contributed by atoms with E-state index in [1.807, 2.05) is 50.2 Å². The largest absolute Gasteiger partial charge is 0.507 e. The van der Waals surface area contributed by atoms with Crippen LogP contribution >= 0.6 is 34.7 Å². The molecule has 45 heavy (non-hydrogen) atoms. The van der Waals surface area contributed by atoms with Gasteiger partial charge in [-0.05, 0) is 55.5 Å². The second kappa shape index (κ2) is 14.5. The molecule has 1 atom stereocenters. The first-order chi connectivity index (χ1) is 21.7. The van der Waals surface area contributed by atoms with Crippen molar-refractivity contribution in [2.24, 2.45) is 5.92 Å². The van der Waals surface area contributed by atoms with Crippen molar-refractivity contribution < 1.29 is 24.2 Å². The molecule has 0 radical (unpaired) electrons. The number of carbonyl (C=O) groups is 2. The van der Waals surface area contributed by atoms with Crippen LogP contribution in [-0.2, 0) is 15.3 Å². The SMILES string of the molecule is CCOc1cc(C2/C(=C(\O)c3ccc(C)cc3)C(=O)C(=O)N2c2nnc(SCc3ccccc3Cl)s2)ccc1OCCC(C)C. The lowest BCUT2D eigenvalue weighted by molar-refractivity contribution is -0.132. The summed E-state index contributed by atoms with van der Waals surface area (Å²) in [6, 6.07) is 19.0. The molecule has 1 saturated heterocycles. The van der Waals surface area contributed by atoms with E-state index in [1.54, 1.807) is 30.3 Å². The second-order valence-electron chi connectivity index (χ2n) is 10.9. The van der Waals surface area contributed by atoms with E-state index in [-0.39, 0.29) is 16.5 Å². The van der Waals surface area contributed by atoms with Gasteiger partial charge in [-0.3, -0.25) is 14.5 Å². The molecular weight excluding hydrogens is 630 g/mol. The minimum Gasteiger partial charge on any atom is -0.507 e. The lowest BCUT2D eigenvalue weighted by Crippen LogP contribution is -2.29. The third-order valence-electron chi connectivity index (χ3n) is 7.22. The van der Waals surface area contributed by atoms with Crippen LogP contribution in [0.1, 0.15) is 55.5 Å². The summed E-state index contributed by atoms with van der Waals surface area (Å²) in [7, 11) is 0. The number of hydrogen-bond acceptors (Lipinski definition) is 9. The molecule has 8 nitrogen and oxygen atoms in total. The van der Waals surface area contributed by atoms with Crippen molar-refractivity contribution in [3.8, 4) is 11.5 Å². The number of aliphatic hydroxyl groups is 1. The summed E-state index contributed by atoms with van der Waals surface area (Å²) in [5.41, 5.74) is 2.88. The molecule has 1 aliphatic rings. The number of Topliss-reactive ketones (excluding diaryl/α,β-unsaturated/α-hetero) is 1. The van der Waals surface area contributed by atoms with E-state index in [1.165, 1.54) is 28.0 Å². The van der Waals surface area contributed by atoms with Crippen molar-refractivity contribution in [2.45, 2.75) is 50.3 Å². The Morgan fingerprint density at radius 3 is 2.51 bits per heavy atom. The summed E-state index contributed by atoms with van der Waals surface area (Å²) in [4.78, 5) is 28.7. The van der Waals surface area contributed by atoms with Crippen molar-refractivity contribution in [2.75, 3.05) is 18.1 Å². The maximum Gasteiger partial charge on any atom is 0.301 e. The Morgan fingerprint density at radius 2 is 1.80 bits per heavy atom. The van der Waals surface area contributed by atoms with E-state index in [0.717, 1.165) is 17.5 Å². The number of ether oxygens (including phenoxy) is 2. The summed E-state index contributed by atoms with van der Waals surface area (Å²) in [6.45, 7) is 8.96. The number of hydrogen-bond donors (Lipinski definition) is 1. The fourth-order valence-corrected chi connectivity index (χ4v) is 6.97. The quantitative estimate of drug-likeness (QED) is 0.0532. The highest BCUT2D eigenvalue weighted by Gasteiger charge is 2.48. The summed E-state index contributed by atoms with van der Waals surface area (Å²) < 4.78 is 12.6. The van der Waals surface area contributed by atoms with E-state index in [0.29, 0.717) is 56.9 Å². The van der Waals surface area contributed by atoms with Gasteiger partial charge in [0.2, 0.25) is 5.13 Å². The molecule has 3 aromatic carbocycles. The minimum atomic E-state index is -0.982. The van der Waals surface area contributed by atoms with Crippen LogP contribution in [0.3, 0.4) is 0 Å². The van der Waals surface area contributed by atoms with Gasteiger partial charge in [0.1, 0.15) is 5.76 Å². The third kappa shape index (κ3) is 7.35. The summed E-state index contributed by atoms with van der Waals surface area (Å²) in [6.07, 6.45) is 0.873. The van der Waals surface area contributed by atoms with Gasteiger partial charge < -0.3 is 14.6 Å². The molecule has 0 saturated carbocycles. The van der Waals surface area contributed by atoms with Crippen LogP contribution in [0.15, 0.2) is 76.6 Å². The van der Waals surface area contributed by atoms with Gasteiger partial charge in [0.05, 0.1) is 24.8 Å². The number of amides is 1. The lowest BCUT2D eigenvalue weighted by Gasteiger charge is -2.24. The van der Waals surface area contributed by atoms with Crippen LogP contribution in [-0.4, -0.2) is 40.2 Å². The van der Waals surface area contributed by atoms with Crippen LogP contribution in [0.2, 0.25) is 5.02 Å². The fourth-order valence-electron chi connectivity index (χ4n) is 4.81. The van der Waals surface area contributed by atoms with Crippen LogP contribution in [0.5, 0.6) is 11.5 Å². The molecule has 1 amide bonds. The zero-order chi connectivity index (χ0) is 32.1. The number of halogens is 1. The molecule has 1 aromatic heterocycles. The van der Waals surface area contributed by atoms with Gasteiger partial charge in [-0.1, -0.05) is 103 Å². The Balaban J connectivity index is 1.56. The lowest BCUT2D eigenvalue weighted by atomic mass is 9.95. The second-order valence-corrected chi connectivity index (χ2v) is 13.5. The monoisotopic (exact) mass is 663 g/mol. The number of thioether (sulfide) groups is 1. The standard InChI is InChI=1S/C34H34ClN3O5S2/c1-5-42-27-18-23(14-15-26(27)43-17-16-20(2)3)29-28(30(39)22-12-10-21(4)11-13-22)31(40)32(41)38(29)33-36-37-34(45-33)44-19-24-8-6-7-9-25(24)35/h6-15,18,20,29,39H,5,16-17,19H2,1-4H3/b30-28+. The Kier molecular flexibility index (Phi) is 10.5. The third-order valence-corrected chi connectivity index (χ3v) is 9.69. The first kappa shape index (κ1) is 32.5. The highest BCUT2D eigenvalue weighted by atomic mass is 35.5. The molecule has 0 aliphatic carbocycles. The van der Waals surface area contributed by atoms with Gasteiger partial charge in [-0.2, -0.15) is 0 Å². The van der Waals surface area contributed by atoms with Crippen LogP contribution in [0.25, 0.3) is 5.76 Å². The van der Waals surface area contributed by atoms with E-state index < -0.39 is 17.7 Å². The Labute approximate surface area is 276 Å². The molecule has 2 heterocycles. The number of ketones is 1. The number of aliphatic hydroxyl groups excluding tert-OH is 1. The van der Waals surface area contributed by atoms with Gasteiger partial charge in [-0.15, -0.1) is 10.2 Å². The van der Waals surface area contributed by atoms with Crippen LogP contribution in [0.4, 0.5) is 5.13 Å². The molecular formula is C34H34ClN3O5S2. The van der Waals surface area contributed by atoms with Gasteiger partial charge >= 0.3 is 5.91 Å². The van der Waals surface area contributed by atoms with Gasteiger partial charge in [0.25, 0.3) is 5.78 Å². The van der Waals surface area contributed by atoms with E-state index in [4.69, 9.17) is 21.1 Å². The molecule has 4 aromatic rings.